The van der Waals surface area contributed by atoms with Crippen LogP contribution in [0, 0.1) is 11.8 Å². The van der Waals surface area contributed by atoms with Gasteiger partial charge in [0, 0.05) is 26.5 Å². The number of methoxy groups -OCH3 is 1. The zero-order valence-corrected chi connectivity index (χ0v) is 16.1. The maximum atomic E-state index is 12.8. The summed E-state index contributed by atoms with van der Waals surface area (Å²) in [5.41, 5.74) is 0.458. The normalized spacial score (nSPS) is 21.2. The summed E-state index contributed by atoms with van der Waals surface area (Å²) in [5, 5.41) is 7.12. The van der Waals surface area contributed by atoms with Gasteiger partial charge in [0.25, 0.3) is 5.91 Å². The highest BCUT2D eigenvalue weighted by Crippen LogP contribution is 2.31. The van der Waals surface area contributed by atoms with Crippen molar-refractivity contribution in [1.29, 1.82) is 0 Å². The maximum absolute atomic E-state index is 12.8. The van der Waals surface area contributed by atoms with E-state index in [1.54, 1.807) is 31.0 Å². The van der Waals surface area contributed by atoms with Gasteiger partial charge in [-0.2, -0.15) is 5.10 Å². The summed E-state index contributed by atoms with van der Waals surface area (Å²) >= 11 is 0. The third kappa shape index (κ3) is 5.56. The number of carbonyl (C=O) groups excluding carboxylic acids is 2. The van der Waals surface area contributed by atoms with Crippen molar-refractivity contribution >= 4 is 11.9 Å². The maximum Gasteiger partial charge on any atom is 0.328 e. The number of aryl methyl sites for hydroxylation is 1. The van der Waals surface area contributed by atoms with E-state index < -0.39 is 6.04 Å². The van der Waals surface area contributed by atoms with Crippen LogP contribution in [0.2, 0.25) is 0 Å². The summed E-state index contributed by atoms with van der Waals surface area (Å²) in [6.07, 6.45) is 6.37. The molecule has 1 aromatic rings. The van der Waals surface area contributed by atoms with E-state index in [1.165, 1.54) is 0 Å². The zero-order chi connectivity index (χ0) is 18.9. The van der Waals surface area contributed by atoms with Crippen LogP contribution in [-0.2, 0) is 20.8 Å². The van der Waals surface area contributed by atoms with E-state index in [0.717, 1.165) is 32.1 Å². The van der Waals surface area contributed by atoms with Crippen LogP contribution in [0.1, 0.15) is 56.4 Å². The van der Waals surface area contributed by atoms with Gasteiger partial charge in [-0.15, -0.1) is 0 Å². The first-order valence-electron chi connectivity index (χ1n) is 9.55. The molecule has 0 unspecified atom stereocenters. The van der Waals surface area contributed by atoms with E-state index in [2.05, 4.69) is 17.3 Å². The molecular formula is C19H31N3O4. The topological polar surface area (TPSA) is 82.5 Å². The van der Waals surface area contributed by atoms with Gasteiger partial charge in [0.15, 0.2) is 0 Å². The van der Waals surface area contributed by atoms with E-state index in [4.69, 9.17) is 9.47 Å². The highest BCUT2D eigenvalue weighted by molar-refractivity contribution is 5.95. The summed E-state index contributed by atoms with van der Waals surface area (Å²) in [6.45, 7) is 5.52. The first-order chi connectivity index (χ1) is 12.6. The molecule has 146 valence electrons. The first kappa shape index (κ1) is 20.4. The molecule has 1 heterocycles. The summed E-state index contributed by atoms with van der Waals surface area (Å²) in [7, 11) is 1.64. The van der Waals surface area contributed by atoms with Crippen molar-refractivity contribution in [2.75, 3.05) is 20.3 Å². The number of carbonyl (C=O) groups is 2. The number of ether oxygens (including phenoxy) is 2. The van der Waals surface area contributed by atoms with E-state index in [1.807, 2.05) is 0 Å². The Bertz CT molecular complexity index is 579. The summed E-state index contributed by atoms with van der Waals surface area (Å²) < 4.78 is 11.9. The fourth-order valence-corrected chi connectivity index (χ4v) is 3.50. The van der Waals surface area contributed by atoms with Gasteiger partial charge >= 0.3 is 5.97 Å². The van der Waals surface area contributed by atoms with Gasteiger partial charge in [0.1, 0.15) is 11.7 Å². The minimum absolute atomic E-state index is 0.124. The van der Waals surface area contributed by atoms with Gasteiger partial charge in [-0.25, -0.2) is 4.79 Å². The lowest BCUT2D eigenvalue weighted by molar-refractivity contribution is -0.147. The molecule has 0 bridgehead atoms. The minimum Gasteiger partial charge on any atom is -0.464 e. The molecule has 1 amide bonds. The van der Waals surface area contributed by atoms with Crippen molar-refractivity contribution in [3.63, 3.8) is 0 Å². The number of aromatic nitrogens is 2. The van der Waals surface area contributed by atoms with Crippen molar-refractivity contribution in [2.45, 2.75) is 58.5 Å². The number of nitrogens with zero attached hydrogens (tertiary/aromatic N) is 2. The van der Waals surface area contributed by atoms with E-state index in [-0.39, 0.29) is 17.8 Å². The highest BCUT2D eigenvalue weighted by Gasteiger charge is 2.34. The molecule has 1 N–H and O–H groups in total. The molecule has 7 nitrogen and oxygen atoms in total. The van der Waals surface area contributed by atoms with Crippen LogP contribution in [-0.4, -0.2) is 48.0 Å². The van der Waals surface area contributed by atoms with Gasteiger partial charge in [-0.05, 0) is 44.1 Å². The van der Waals surface area contributed by atoms with Crippen LogP contribution >= 0.6 is 0 Å². The average Bonchev–Trinajstić information content (AvgIpc) is 3.09. The van der Waals surface area contributed by atoms with Gasteiger partial charge in [0.2, 0.25) is 0 Å². The van der Waals surface area contributed by atoms with Crippen LogP contribution in [0.25, 0.3) is 0 Å². The van der Waals surface area contributed by atoms with Crippen molar-refractivity contribution in [1.82, 2.24) is 15.1 Å². The molecule has 1 fully saturated rings. The van der Waals surface area contributed by atoms with Gasteiger partial charge < -0.3 is 14.8 Å². The molecule has 26 heavy (non-hydrogen) atoms. The summed E-state index contributed by atoms with van der Waals surface area (Å²) in [6, 6.07) is 1.07. The molecule has 0 spiro atoms. The molecule has 1 saturated carbocycles. The fourth-order valence-electron chi connectivity index (χ4n) is 3.50. The molecular weight excluding hydrogens is 334 g/mol. The van der Waals surface area contributed by atoms with Gasteiger partial charge in [-0.1, -0.05) is 19.8 Å². The van der Waals surface area contributed by atoms with E-state index in [0.29, 0.717) is 31.4 Å². The van der Waals surface area contributed by atoms with Crippen LogP contribution in [0.15, 0.2) is 12.3 Å². The minimum atomic E-state index is -0.600. The second-order valence-corrected chi connectivity index (χ2v) is 7.01. The lowest BCUT2D eigenvalue weighted by atomic mass is 9.79. The molecule has 1 aliphatic carbocycles. The predicted octanol–water partition coefficient (Wildman–Crippen LogP) is 2.41. The molecule has 0 aliphatic heterocycles. The van der Waals surface area contributed by atoms with Crippen LogP contribution in [0.3, 0.4) is 0 Å². The Morgan fingerprint density at radius 1 is 1.35 bits per heavy atom. The third-order valence-corrected chi connectivity index (χ3v) is 5.03. The molecule has 1 aliphatic rings. The molecule has 1 aromatic heterocycles. The van der Waals surface area contributed by atoms with Crippen LogP contribution in [0.5, 0.6) is 0 Å². The Kier molecular flexibility index (Phi) is 8.09. The summed E-state index contributed by atoms with van der Waals surface area (Å²) in [5.74, 6) is 0.175. The second-order valence-electron chi connectivity index (χ2n) is 7.01. The average molecular weight is 365 g/mol. The Morgan fingerprint density at radius 3 is 2.73 bits per heavy atom. The monoisotopic (exact) mass is 365 g/mol. The molecule has 0 saturated heterocycles. The predicted molar refractivity (Wildman–Crippen MR) is 97.7 cm³/mol. The molecule has 7 heteroatoms. The smallest absolute Gasteiger partial charge is 0.328 e. The van der Waals surface area contributed by atoms with Crippen molar-refractivity contribution in [3.05, 3.63) is 18.0 Å². The Balaban J connectivity index is 2.06. The quantitative estimate of drug-likeness (QED) is 0.537. The zero-order valence-electron chi connectivity index (χ0n) is 16.1. The lowest BCUT2D eigenvalue weighted by Crippen LogP contribution is -2.48. The Labute approximate surface area is 155 Å². The third-order valence-electron chi connectivity index (χ3n) is 5.03. The standard InChI is InChI=1S/C19H31N3O4/c1-4-26-19(24)17(15-8-6-14(2)7-9-15)21-18(23)16-10-11-20-22(16)12-5-13-25-3/h10-11,14-15,17H,4-9,12-13H2,1-3H3,(H,21,23)/t14-,15-,17-/m0/s1. The van der Waals surface area contributed by atoms with Gasteiger partial charge in [-0.3, -0.25) is 9.48 Å². The van der Waals surface area contributed by atoms with Crippen LogP contribution in [0.4, 0.5) is 0 Å². The van der Waals surface area contributed by atoms with Crippen molar-refractivity contribution in [2.24, 2.45) is 11.8 Å². The lowest BCUT2D eigenvalue weighted by Gasteiger charge is -2.31. The van der Waals surface area contributed by atoms with E-state index in [9.17, 15) is 9.59 Å². The second kappa shape index (κ2) is 10.3. The van der Waals surface area contributed by atoms with E-state index >= 15 is 0 Å². The molecule has 1 atom stereocenters. The number of rotatable bonds is 9. The van der Waals surface area contributed by atoms with Crippen LogP contribution < -0.4 is 5.32 Å². The Morgan fingerprint density at radius 2 is 2.08 bits per heavy atom. The highest BCUT2D eigenvalue weighted by atomic mass is 16.5. The Hall–Kier alpha value is -1.89. The molecule has 0 radical (unpaired) electrons. The summed E-state index contributed by atoms with van der Waals surface area (Å²) in [4.78, 5) is 25.2. The van der Waals surface area contributed by atoms with Crippen molar-refractivity contribution < 1.29 is 19.1 Å². The number of amides is 1. The largest absolute Gasteiger partial charge is 0.464 e. The molecule has 2 rings (SSSR count). The number of hydrogen-bond acceptors (Lipinski definition) is 5. The van der Waals surface area contributed by atoms with Gasteiger partial charge in [0.05, 0.1) is 6.61 Å². The number of hydrogen-bond donors (Lipinski definition) is 1. The first-order valence-corrected chi connectivity index (χ1v) is 9.55. The number of esters is 1. The fraction of sp³-hybridized carbons (Fsp3) is 0.737. The number of nitrogens with one attached hydrogen (secondary N) is 1. The molecule has 0 aromatic carbocycles. The van der Waals surface area contributed by atoms with Crippen molar-refractivity contribution in [3.8, 4) is 0 Å². The SMILES string of the molecule is CCOC(=O)[C@@H](NC(=O)c1ccnn1CCCOC)[C@H]1CC[C@H](C)CC1.